The van der Waals surface area contributed by atoms with E-state index < -0.39 is 28.2 Å². The van der Waals surface area contributed by atoms with E-state index >= 15 is 0 Å². The Morgan fingerprint density at radius 2 is 1.96 bits per heavy atom. The molecule has 2 atom stereocenters. The first-order valence-electron chi connectivity index (χ1n) is 6.92. The number of ether oxygens (including phenoxy) is 1. The fourth-order valence-corrected chi connectivity index (χ4v) is 3.35. The number of aliphatic hydroxyl groups excluding tert-OH is 1. The van der Waals surface area contributed by atoms with Gasteiger partial charge >= 0.3 is 6.36 Å². The van der Waals surface area contributed by atoms with Gasteiger partial charge in [-0.05, 0) is 37.2 Å². The number of halogens is 3. The first-order valence-corrected chi connectivity index (χ1v) is 8.40. The van der Waals surface area contributed by atoms with Crippen molar-refractivity contribution in [2.75, 3.05) is 19.6 Å². The van der Waals surface area contributed by atoms with Crippen molar-refractivity contribution in [1.82, 2.24) is 10.0 Å². The summed E-state index contributed by atoms with van der Waals surface area (Å²) in [5.74, 6) is -0.705. The van der Waals surface area contributed by atoms with Gasteiger partial charge in [-0.3, -0.25) is 0 Å². The molecule has 23 heavy (non-hydrogen) atoms. The molecule has 0 bridgehead atoms. The Hall–Kier alpha value is -1.36. The van der Waals surface area contributed by atoms with Crippen LogP contribution in [0.15, 0.2) is 29.2 Å². The van der Waals surface area contributed by atoms with Gasteiger partial charge in [-0.2, -0.15) is 0 Å². The Kier molecular flexibility index (Phi) is 5.50. The van der Waals surface area contributed by atoms with Crippen LogP contribution in [0.25, 0.3) is 0 Å². The van der Waals surface area contributed by atoms with E-state index in [9.17, 15) is 26.7 Å². The Balaban J connectivity index is 1.99. The second-order valence-electron chi connectivity index (χ2n) is 5.19. The lowest BCUT2D eigenvalue weighted by atomic mass is 9.96. The highest BCUT2D eigenvalue weighted by Gasteiger charge is 2.31. The van der Waals surface area contributed by atoms with E-state index in [4.69, 9.17) is 0 Å². The molecule has 1 aliphatic heterocycles. The second-order valence-corrected chi connectivity index (χ2v) is 6.96. The van der Waals surface area contributed by atoms with Gasteiger partial charge < -0.3 is 15.2 Å². The van der Waals surface area contributed by atoms with Gasteiger partial charge in [0.05, 0.1) is 11.0 Å². The van der Waals surface area contributed by atoms with Crippen LogP contribution in [0.3, 0.4) is 0 Å². The summed E-state index contributed by atoms with van der Waals surface area (Å²) < 4.78 is 66.4. The van der Waals surface area contributed by atoms with E-state index in [0.29, 0.717) is 19.5 Å². The molecule has 1 saturated heterocycles. The molecule has 0 radical (unpaired) electrons. The zero-order valence-electron chi connectivity index (χ0n) is 12.0. The Morgan fingerprint density at radius 1 is 1.30 bits per heavy atom. The van der Waals surface area contributed by atoms with Gasteiger partial charge in [0, 0.05) is 19.0 Å². The molecule has 0 aromatic heterocycles. The van der Waals surface area contributed by atoms with Crippen molar-refractivity contribution < 1.29 is 31.4 Å². The average molecular weight is 354 g/mol. The smallest absolute Gasteiger partial charge is 0.406 e. The number of nitrogens with one attached hydrogen (secondary N) is 2. The molecule has 0 aliphatic carbocycles. The van der Waals surface area contributed by atoms with Crippen LogP contribution in [-0.2, 0) is 10.0 Å². The highest BCUT2D eigenvalue weighted by atomic mass is 32.2. The molecular weight excluding hydrogens is 337 g/mol. The number of hydrogen-bond donors (Lipinski definition) is 3. The van der Waals surface area contributed by atoms with Crippen LogP contribution in [0, 0.1) is 5.92 Å². The molecule has 130 valence electrons. The summed E-state index contributed by atoms with van der Waals surface area (Å²) in [6.45, 7) is 1.15. The van der Waals surface area contributed by atoms with Crippen molar-refractivity contribution in [3.63, 3.8) is 0 Å². The minimum absolute atomic E-state index is 0.0615. The molecule has 2 rings (SSSR count). The normalized spacial score (nSPS) is 22.8. The molecule has 0 saturated carbocycles. The van der Waals surface area contributed by atoms with Crippen LogP contribution >= 0.6 is 0 Å². The quantitative estimate of drug-likeness (QED) is 0.729. The fraction of sp³-hybridized carbons (Fsp3) is 0.538. The SMILES string of the molecule is O=S(=O)(NCC1CCNCC1O)c1ccc(OC(F)(F)F)cc1. The minimum atomic E-state index is -4.83. The van der Waals surface area contributed by atoms with E-state index in [2.05, 4.69) is 14.8 Å². The molecule has 0 amide bonds. The van der Waals surface area contributed by atoms with Crippen LogP contribution in [0.2, 0.25) is 0 Å². The van der Waals surface area contributed by atoms with Crippen LogP contribution in [0.1, 0.15) is 6.42 Å². The number of alkyl halides is 3. The summed E-state index contributed by atoms with van der Waals surface area (Å²) in [6, 6.07) is 3.92. The number of hydrogen-bond acceptors (Lipinski definition) is 5. The summed E-state index contributed by atoms with van der Waals surface area (Å²) in [7, 11) is -3.86. The number of aliphatic hydroxyl groups is 1. The standard InChI is InChI=1S/C13H17F3N2O4S/c14-13(15,16)22-10-1-3-11(4-2-10)23(20,21)18-7-9-5-6-17-8-12(9)19/h1-4,9,12,17-19H,5-8H2. The Labute approximate surface area is 131 Å². The zero-order valence-corrected chi connectivity index (χ0v) is 12.8. The first kappa shape index (κ1) is 18.0. The molecule has 1 fully saturated rings. The predicted octanol–water partition coefficient (Wildman–Crippen LogP) is 0.834. The van der Waals surface area contributed by atoms with Gasteiger partial charge in [0.2, 0.25) is 10.0 Å². The fourth-order valence-electron chi connectivity index (χ4n) is 2.26. The molecule has 3 N–H and O–H groups in total. The molecule has 10 heteroatoms. The van der Waals surface area contributed by atoms with E-state index in [1.165, 1.54) is 0 Å². The average Bonchev–Trinajstić information content (AvgIpc) is 2.45. The Morgan fingerprint density at radius 3 is 2.52 bits per heavy atom. The number of rotatable bonds is 5. The molecule has 2 unspecified atom stereocenters. The minimum Gasteiger partial charge on any atom is -0.406 e. The third kappa shape index (κ3) is 5.34. The number of β-amino-alcohol motifs (C(OH)–C–C–N with tert-alkyl or cyclic N) is 1. The monoisotopic (exact) mass is 354 g/mol. The largest absolute Gasteiger partial charge is 0.573 e. The first-order chi connectivity index (χ1) is 10.7. The molecular formula is C13H17F3N2O4S. The van der Waals surface area contributed by atoms with Crippen molar-refractivity contribution in [2.24, 2.45) is 5.92 Å². The third-order valence-corrected chi connectivity index (χ3v) is 4.93. The van der Waals surface area contributed by atoms with Crippen molar-refractivity contribution in [3.05, 3.63) is 24.3 Å². The zero-order chi connectivity index (χ0) is 17.1. The molecule has 0 spiro atoms. The topological polar surface area (TPSA) is 87.7 Å². The number of piperidine rings is 1. The number of benzene rings is 1. The van der Waals surface area contributed by atoms with Crippen molar-refractivity contribution in [1.29, 1.82) is 0 Å². The lowest BCUT2D eigenvalue weighted by Crippen LogP contribution is -2.45. The maximum atomic E-state index is 12.1. The number of sulfonamides is 1. The second kappa shape index (κ2) is 7.04. The van der Waals surface area contributed by atoms with E-state index in [-0.39, 0.29) is 17.4 Å². The summed E-state index contributed by atoms with van der Waals surface area (Å²) >= 11 is 0. The van der Waals surface area contributed by atoms with Crippen molar-refractivity contribution in [2.45, 2.75) is 23.8 Å². The lowest BCUT2D eigenvalue weighted by Gasteiger charge is -2.28. The van der Waals surface area contributed by atoms with E-state index in [0.717, 1.165) is 24.3 Å². The lowest BCUT2D eigenvalue weighted by molar-refractivity contribution is -0.274. The van der Waals surface area contributed by atoms with Gasteiger partial charge in [-0.15, -0.1) is 13.2 Å². The summed E-state index contributed by atoms with van der Waals surface area (Å²) in [5, 5.41) is 12.7. The third-order valence-electron chi connectivity index (χ3n) is 3.49. The van der Waals surface area contributed by atoms with Gasteiger partial charge in [0.1, 0.15) is 5.75 Å². The van der Waals surface area contributed by atoms with E-state index in [1.807, 2.05) is 0 Å². The summed E-state index contributed by atoms with van der Waals surface area (Å²) in [5.41, 5.74) is 0. The maximum Gasteiger partial charge on any atom is 0.573 e. The molecule has 1 aliphatic rings. The van der Waals surface area contributed by atoms with Gasteiger partial charge in [-0.25, -0.2) is 13.1 Å². The predicted molar refractivity (Wildman–Crippen MR) is 75.3 cm³/mol. The van der Waals surface area contributed by atoms with Gasteiger partial charge in [-0.1, -0.05) is 0 Å². The maximum absolute atomic E-state index is 12.1. The summed E-state index contributed by atoms with van der Waals surface area (Å²) in [4.78, 5) is -0.171. The molecule has 6 nitrogen and oxygen atoms in total. The summed E-state index contributed by atoms with van der Waals surface area (Å²) in [6.07, 6.45) is -4.85. The molecule has 1 aromatic carbocycles. The van der Waals surface area contributed by atoms with Crippen molar-refractivity contribution >= 4 is 10.0 Å². The van der Waals surface area contributed by atoms with Crippen LogP contribution in [-0.4, -0.2) is 45.6 Å². The van der Waals surface area contributed by atoms with Gasteiger partial charge in [0.25, 0.3) is 0 Å². The van der Waals surface area contributed by atoms with E-state index in [1.54, 1.807) is 0 Å². The van der Waals surface area contributed by atoms with Crippen LogP contribution < -0.4 is 14.8 Å². The van der Waals surface area contributed by atoms with Crippen LogP contribution in [0.4, 0.5) is 13.2 Å². The molecule has 1 heterocycles. The molecule has 1 aromatic rings. The Bertz CT molecular complexity index is 619. The van der Waals surface area contributed by atoms with Crippen molar-refractivity contribution in [3.8, 4) is 5.75 Å². The highest BCUT2D eigenvalue weighted by Crippen LogP contribution is 2.24. The van der Waals surface area contributed by atoms with Crippen LogP contribution in [0.5, 0.6) is 5.75 Å². The van der Waals surface area contributed by atoms with Gasteiger partial charge in [0.15, 0.2) is 0 Å². The highest BCUT2D eigenvalue weighted by molar-refractivity contribution is 7.89.